The second-order valence-corrected chi connectivity index (χ2v) is 19.9. The fourth-order valence-corrected chi connectivity index (χ4v) is 8.33. The Balaban J connectivity index is 4.50. The predicted molar refractivity (Wildman–Crippen MR) is 307 cm³/mol. The molecule has 0 amide bonds. The molecule has 1 atom stereocenters. The topological polar surface area (TPSA) is 78.9 Å². The minimum Gasteiger partial charge on any atom is -0.462 e. The third-order valence-electron chi connectivity index (χ3n) is 12.9. The molecule has 71 heavy (non-hydrogen) atoms. The van der Waals surface area contributed by atoms with Gasteiger partial charge in [-0.15, -0.1) is 0 Å². The van der Waals surface area contributed by atoms with Gasteiger partial charge in [-0.2, -0.15) is 0 Å². The van der Waals surface area contributed by atoms with Gasteiger partial charge < -0.3 is 14.2 Å². The van der Waals surface area contributed by atoms with Crippen molar-refractivity contribution in [3.8, 4) is 0 Å². The summed E-state index contributed by atoms with van der Waals surface area (Å²) in [6, 6.07) is 0. The van der Waals surface area contributed by atoms with Crippen molar-refractivity contribution in [2.75, 3.05) is 13.2 Å². The smallest absolute Gasteiger partial charge is 0.306 e. The molecule has 0 fully saturated rings. The standard InChI is InChI=1S/C65H112O6/c1-4-7-10-13-16-19-22-25-28-31-32-35-38-41-44-47-50-53-56-59-65(68)71-62(60-69-63(66)57-54-51-48-45-42-39-36-33-29-26-23-20-17-14-11-8-5-2)61-70-64(67)58-55-52-49-46-43-40-37-34-30-27-24-21-18-15-12-9-6-3/h17,20,26-27,29-30,36-37,39-40,45-46,48-49,62H,4-16,18-19,21-25,28,31-35,38,41-44,47,50-61H2,1-3H3/b20-17-,29-26-,30-27-,39-36-,40-37-,48-45-,49-46-/t62-/m1/s1. The van der Waals surface area contributed by atoms with Gasteiger partial charge in [-0.25, -0.2) is 0 Å². The molecule has 0 aliphatic carbocycles. The van der Waals surface area contributed by atoms with Crippen LogP contribution in [0.25, 0.3) is 0 Å². The Morgan fingerprint density at radius 3 is 0.859 bits per heavy atom. The lowest BCUT2D eigenvalue weighted by molar-refractivity contribution is -0.167. The minimum absolute atomic E-state index is 0.118. The normalized spacial score (nSPS) is 12.7. The summed E-state index contributed by atoms with van der Waals surface area (Å²) >= 11 is 0. The number of hydrogen-bond donors (Lipinski definition) is 0. The first-order chi connectivity index (χ1) is 35.0. The Hall–Kier alpha value is -3.41. The molecule has 0 aromatic rings. The molecule has 0 heterocycles. The van der Waals surface area contributed by atoms with Crippen molar-refractivity contribution in [3.63, 3.8) is 0 Å². The van der Waals surface area contributed by atoms with E-state index >= 15 is 0 Å². The molecule has 0 N–H and O–H groups in total. The molecule has 0 saturated carbocycles. The summed E-state index contributed by atoms with van der Waals surface area (Å²) in [5, 5.41) is 0. The average Bonchev–Trinajstić information content (AvgIpc) is 3.37. The van der Waals surface area contributed by atoms with Crippen LogP contribution in [-0.2, 0) is 28.6 Å². The first kappa shape index (κ1) is 67.6. The van der Waals surface area contributed by atoms with Crippen LogP contribution in [0.1, 0.15) is 290 Å². The van der Waals surface area contributed by atoms with Crippen LogP contribution in [0.3, 0.4) is 0 Å². The molecule has 6 heteroatoms. The highest BCUT2D eigenvalue weighted by Crippen LogP contribution is 2.16. The van der Waals surface area contributed by atoms with Gasteiger partial charge in [-0.1, -0.05) is 266 Å². The largest absolute Gasteiger partial charge is 0.462 e. The summed E-state index contributed by atoms with van der Waals surface area (Å²) in [7, 11) is 0. The maximum Gasteiger partial charge on any atom is 0.306 e. The molecule has 0 spiro atoms. The van der Waals surface area contributed by atoms with Crippen LogP contribution >= 0.6 is 0 Å². The second kappa shape index (κ2) is 59.2. The second-order valence-electron chi connectivity index (χ2n) is 19.9. The first-order valence-corrected chi connectivity index (χ1v) is 30.1. The van der Waals surface area contributed by atoms with E-state index in [1.165, 1.54) is 173 Å². The number of allylic oxidation sites excluding steroid dienone is 14. The van der Waals surface area contributed by atoms with Crippen molar-refractivity contribution in [2.45, 2.75) is 297 Å². The Morgan fingerprint density at radius 2 is 0.521 bits per heavy atom. The fraction of sp³-hybridized carbons (Fsp3) is 0.738. The number of carbonyl (C=O) groups is 3. The zero-order chi connectivity index (χ0) is 51.4. The SMILES string of the molecule is CCCCC/C=C\C/C=C\C/C=C\C/C=C\CCCC(=O)OC[C@H](COC(=O)CCC/C=C\C/C=C\C/C=C\CCCCCCCC)OC(=O)CCCCCCCCCCCCCCCCCCCCC. The van der Waals surface area contributed by atoms with E-state index in [1.54, 1.807) is 0 Å². The van der Waals surface area contributed by atoms with Crippen molar-refractivity contribution < 1.29 is 28.6 Å². The molecule has 6 nitrogen and oxygen atoms in total. The quantitative estimate of drug-likeness (QED) is 0.0261. The van der Waals surface area contributed by atoms with Gasteiger partial charge in [0.05, 0.1) is 0 Å². The molecule has 0 aromatic heterocycles. The Labute approximate surface area is 439 Å². The first-order valence-electron chi connectivity index (χ1n) is 30.1. The van der Waals surface area contributed by atoms with Gasteiger partial charge in [0.2, 0.25) is 0 Å². The zero-order valence-corrected chi connectivity index (χ0v) is 46.7. The lowest BCUT2D eigenvalue weighted by Gasteiger charge is -2.18. The highest BCUT2D eigenvalue weighted by Gasteiger charge is 2.19. The number of ether oxygens (including phenoxy) is 3. The van der Waals surface area contributed by atoms with Crippen LogP contribution in [0.5, 0.6) is 0 Å². The van der Waals surface area contributed by atoms with Gasteiger partial charge in [-0.3, -0.25) is 14.4 Å². The molecule has 0 aliphatic rings. The van der Waals surface area contributed by atoms with Crippen molar-refractivity contribution in [3.05, 3.63) is 85.1 Å². The van der Waals surface area contributed by atoms with Gasteiger partial charge in [0.25, 0.3) is 0 Å². The molecule has 0 saturated heterocycles. The monoisotopic (exact) mass is 989 g/mol. The molecular weight excluding hydrogens is 877 g/mol. The number of esters is 3. The fourth-order valence-electron chi connectivity index (χ4n) is 8.33. The summed E-state index contributed by atoms with van der Waals surface area (Å²) < 4.78 is 16.8. The van der Waals surface area contributed by atoms with Gasteiger partial charge in [0.15, 0.2) is 6.10 Å². The van der Waals surface area contributed by atoms with Crippen LogP contribution in [0.15, 0.2) is 85.1 Å². The van der Waals surface area contributed by atoms with Crippen LogP contribution in [0, 0.1) is 0 Å². The predicted octanol–water partition coefficient (Wildman–Crippen LogP) is 20.3. The highest BCUT2D eigenvalue weighted by molar-refractivity contribution is 5.71. The van der Waals surface area contributed by atoms with Crippen molar-refractivity contribution in [1.29, 1.82) is 0 Å². The summed E-state index contributed by atoms with van der Waals surface area (Å²) in [5.41, 5.74) is 0. The molecule has 0 bridgehead atoms. The maximum atomic E-state index is 12.9. The van der Waals surface area contributed by atoms with Gasteiger partial charge in [-0.05, 0) is 89.9 Å². The van der Waals surface area contributed by atoms with Gasteiger partial charge in [0.1, 0.15) is 13.2 Å². The van der Waals surface area contributed by atoms with E-state index in [0.29, 0.717) is 19.3 Å². The molecule has 0 unspecified atom stereocenters. The Morgan fingerprint density at radius 1 is 0.282 bits per heavy atom. The summed E-state index contributed by atoms with van der Waals surface area (Å²) in [6.07, 6.45) is 77.3. The molecular formula is C65H112O6. The van der Waals surface area contributed by atoms with E-state index in [4.69, 9.17) is 14.2 Å². The number of carbonyl (C=O) groups excluding carboxylic acids is 3. The van der Waals surface area contributed by atoms with Crippen molar-refractivity contribution in [2.24, 2.45) is 0 Å². The summed E-state index contributed by atoms with van der Waals surface area (Å²) in [5.74, 6) is -1.01. The molecule has 408 valence electrons. The van der Waals surface area contributed by atoms with Crippen molar-refractivity contribution >= 4 is 17.9 Å². The van der Waals surface area contributed by atoms with E-state index in [0.717, 1.165) is 64.2 Å². The van der Waals surface area contributed by atoms with Crippen LogP contribution in [0.2, 0.25) is 0 Å². The Bertz CT molecular complexity index is 1370. The third kappa shape index (κ3) is 57.4. The Kier molecular flexibility index (Phi) is 56.3. The van der Waals surface area contributed by atoms with Crippen LogP contribution in [0.4, 0.5) is 0 Å². The van der Waals surface area contributed by atoms with Gasteiger partial charge >= 0.3 is 17.9 Å². The number of hydrogen-bond acceptors (Lipinski definition) is 6. The lowest BCUT2D eigenvalue weighted by atomic mass is 10.0. The zero-order valence-electron chi connectivity index (χ0n) is 46.7. The molecule has 0 radical (unpaired) electrons. The lowest BCUT2D eigenvalue weighted by Crippen LogP contribution is -2.30. The van der Waals surface area contributed by atoms with E-state index in [-0.39, 0.29) is 44.0 Å². The molecule has 0 aromatic carbocycles. The van der Waals surface area contributed by atoms with Crippen LogP contribution in [-0.4, -0.2) is 37.2 Å². The van der Waals surface area contributed by atoms with E-state index in [9.17, 15) is 14.4 Å². The molecule has 0 aliphatic heterocycles. The maximum absolute atomic E-state index is 12.9. The average molecular weight is 990 g/mol. The van der Waals surface area contributed by atoms with Crippen molar-refractivity contribution in [1.82, 2.24) is 0 Å². The third-order valence-corrected chi connectivity index (χ3v) is 12.9. The summed E-state index contributed by atoms with van der Waals surface area (Å²) in [6.45, 7) is 6.54. The number of rotatable bonds is 54. The van der Waals surface area contributed by atoms with E-state index in [1.807, 2.05) is 0 Å². The highest BCUT2D eigenvalue weighted by atomic mass is 16.6. The summed E-state index contributed by atoms with van der Waals surface area (Å²) in [4.78, 5) is 38.2. The number of unbranched alkanes of at least 4 members (excludes halogenated alkanes) is 29. The van der Waals surface area contributed by atoms with Gasteiger partial charge in [0, 0.05) is 19.3 Å². The minimum atomic E-state index is -0.818. The molecule has 0 rings (SSSR count). The van der Waals surface area contributed by atoms with E-state index < -0.39 is 6.10 Å². The van der Waals surface area contributed by atoms with Crippen LogP contribution < -0.4 is 0 Å². The van der Waals surface area contributed by atoms with E-state index in [2.05, 4.69) is 106 Å².